The van der Waals surface area contributed by atoms with Crippen LogP contribution in [0.25, 0.3) is 0 Å². The Morgan fingerprint density at radius 3 is 1.40 bits per heavy atom. The van der Waals surface area contributed by atoms with E-state index in [4.69, 9.17) is 0 Å². The van der Waals surface area contributed by atoms with Gasteiger partial charge in [-0.1, -0.05) is 108 Å². The van der Waals surface area contributed by atoms with Crippen LogP contribution >= 0.6 is 0 Å². The Morgan fingerprint density at radius 2 is 0.929 bits per heavy atom. The summed E-state index contributed by atoms with van der Waals surface area (Å²) in [4.78, 5) is 5.06. The van der Waals surface area contributed by atoms with Gasteiger partial charge < -0.3 is 9.80 Å². The van der Waals surface area contributed by atoms with Gasteiger partial charge in [0.25, 0.3) is 6.71 Å². The zero-order valence-electron chi connectivity index (χ0n) is 23.8. The van der Waals surface area contributed by atoms with Crippen LogP contribution in [-0.2, 0) is 0 Å². The van der Waals surface area contributed by atoms with E-state index in [1.165, 1.54) is 71.6 Å². The van der Waals surface area contributed by atoms with Gasteiger partial charge in [0.1, 0.15) is 8.07 Å². The van der Waals surface area contributed by atoms with Gasteiger partial charge in [0.05, 0.1) is 0 Å². The van der Waals surface area contributed by atoms with Crippen LogP contribution in [0.2, 0.25) is 6.55 Å². The summed E-state index contributed by atoms with van der Waals surface area (Å²) in [5.74, 6) is 0. The quantitative estimate of drug-likeness (QED) is 0.268. The minimum atomic E-state index is -2.36. The van der Waals surface area contributed by atoms with Crippen molar-refractivity contribution >= 4 is 80.9 Å². The molecule has 3 aliphatic rings. The summed E-state index contributed by atoms with van der Waals surface area (Å²) >= 11 is 0. The molecule has 6 aromatic rings. The van der Waals surface area contributed by atoms with Crippen molar-refractivity contribution in [3.63, 3.8) is 0 Å². The highest BCUT2D eigenvalue weighted by molar-refractivity contribution is 7.21. The third-order valence-corrected chi connectivity index (χ3v) is 14.2. The topological polar surface area (TPSA) is 6.48 Å². The molecule has 3 aliphatic heterocycles. The fraction of sp³-hybridized carbons (Fsp3) is 0.0526. The highest BCUT2D eigenvalue weighted by Gasteiger charge is 2.53. The van der Waals surface area contributed by atoms with E-state index >= 15 is 0 Å². The van der Waals surface area contributed by atoms with Gasteiger partial charge in [-0.25, -0.2) is 0 Å². The standard InChI is InChI=1S/C38H29BN2Si/c1-26-24-32-36-33(25-26)41(28-16-8-4-9-17-28)31-21-13-23-35-38(31)39(36)37-30(40(32)27-14-6-3-7-15-27)20-12-22-34(37)42(35,2)29-18-10-5-11-19-29/h3-25H,1-2H3. The molecule has 0 N–H and O–H groups in total. The molecule has 2 nitrogen and oxygen atoms in total. The number of nitrogens with zero attached hydrogens (tertiary/aromatic N) is 2. The van der Waals surface area contributed by atoms with Crippen LogP contribution in [0.4, 0.5) is 34.1 Å². The van der Waals surface area contributed by atoms with E-state index in [-0.39, 0.29) is 6.71 Å². The average Bonchev–Trinajstić information content (AvgIpc) is 3.04. The molecule has 4 heteroatoms. The third kappa shape index (κ3) is 3.00. The SMILES string of the molecule is Cc1cc2c3c(c1)N(c1ccccc1)c1cccc4c1B3c1c(cccc1[Si]4(C)c1ccccc1)N2c1ccccc1. The summed E-state index contributed by atoms with van der Waals surface area (Å²) in [6.45, 7) is 5.00. The molecule has 0 aromatic heterocycles. The molecular formula is C38H29BN2Si. The smallest absolute Gasteiger partial charge is 0.251 e. The molecule has 0 unspecified atom stereocenters. The summed E-state index contributed by atoms with van der Waals surface area (Å²) in [7, 11) is -2.36. The maximum Gasteiger partial charge on any atom is 0.251 e. The van der Waals surface area contributed by atoms with Gasteiger partial charge in [-0.2, -0.15) is 0 Å². The first-order valence-electron chi connectivity index (χ1n) is 14.8. The first-order valence-corrected chi connectivity index (χ1v) is 17.3. The maximum absolute atomic E-state index is 2.57. The van der Waals surface area contributed by atoms with Crippen LogP contribution in [0.15, 0.2) is 140 Å². The van der Waals surface area contributed by atoms with Gasteiger partial charge in [0.2, 0.25) is 0 Å². The minimum Gasteiger partial charge on any atom is -0.311 e. The second-order valence-corrected chi connectivity index (χ2v) is 15.9. The van der Waals surface area contributed by atoms with Crippen LogP contribution in [0, 0.1) is 6.92 Å². The zero-order valence-corrected chi connectivity index (χ0v) is 24.8. The Bertz CT molecular complexity index is 1900. The third-order valence-electron chi connectivity index (χ3n) is 9.73. The van der Waals surface area contributed by atoms with Gasteiger partial charge in [-0.15, -0.1) is 0 Å². The largest absolute Gasteiger partial charge is 0.311 e. The van der Waals surface area contributed by atoms with Gasteiger partial charge in [0, 0.05) is 34.1 Å². The second kappa shape index (κ2) is 8.61. The molecule has 0 radical (unpaired) electrons. The number of anilines is 6. The molecule has 0 fully saturated rings. The van der Waals surface area contributed by atoms with Crippen molar-refractivity contribution in [3.8, 4) is 0 Å². The highest BCUT2D eigenvalue weighted by Crippen LogP contribution is 2.44. The predicted octanol–water partition coefficient (Wildman–Crippen LogP) is 5.49. The summed E-state index contributed by atoms with van der Waals surface area (Å²) in [5.41, 5.74) is 13.3. The van der Waals surface area contributed by atoms with Gasteiger partial charge in [0.15, 0.2) is 0 Å². The van der Waals surface area contributed by atoms with Crippen LogP contribution in [0.1, 0.15) is 5.56 Å². The van der Waals surface area contributed by atoms with E-state index < -0.39 is 8.07 Å². The molecule has 6 aromatic carbocycles. The van der Waals surface area contributed by atoms with Crippen molar-refractivity contribution in [2.75, 3.05) is 9.80 Å². The Kier molecular flexibility index (Phi) is 4.89. The van der Waals surface area contributed by atoms with E-state index in [9.17, 15) is 0 Å². The lowest BCUT2D eigenvalue weighted by atomic mass is 9.33. The molecule has 0 amide bonds. The summed E-state index contributed by atoms with van der Waals surface area (Å²) in [6.07, 6.45) is 0. The van der Waals surface area contributed by atoms with Gasteiger partial charge in [-0.3, -0.25) is 0 Å². The Balaban J connectivity index is 1.48. The van der Waals surface area contributed by atoms with Crippen molar-refractivity contribution in [2.24, 2.45) is 0 Å². The first kappa shape index (κ1) is 23.9. The predicted molar refractivity (Wildman–Crippen MR) is 182 cm³/mol. The van der Waals surface area contributed by atoms with Crippen molar-refractivity contribution in [2.45, 2.75) is 13.5 Å². The molecule has 3 heterocycles. The lowest BCUT2D eigenvalue weighted by Gasteiger charge is -2.50. The monoisotopic (exact) mass is 552 g/mol. The molecule has 0 saturated heterocycles. The number of hydrogen-bond donors (Lipinski definition) is 0. The Morgan fingerprint density at radius 1 is 0.476 bits per heavy atom. The minimum absolute atomic E-state index is 0.192. The number of rotatable bonds is 3. The van der Waals surface area contributed by atoms with Crippen LogP contribution in [-0.4, -0.2) is 14.8 Å². The molecule has 9 rings (SSSR count). The van der Waals surface area contributed by atoms with Crippen molar-refractivity contribution in [3.05, 3.63) is 145 Å². The Labute approximate surface area is 248 Å². The van der Waals surface area contributed by atoms with E-state index in [1.807, 2.05) is 0 Å². The lowest BCUT2D eigenvalue weighted by molar-refractivity contribution is 1.24. The molecule has 198 valence electrons. The van der Waals surface area contributed by atoms with Gasteiger partial charge >= 0.3 is 0 Å². The molecule has 0 saturated carbocycles. The lowest BCUT2D eigenvalue weighted by Crippen LogP contribution is -2.83. The average molecular weight is 553 g/mol. The van der Waals surface area contributed by atoms with E-state index in [1.54, 1.807) is 0 Å². The molecule has 0 spiro atoms. The second-order valence-electron chi connectivity index (χ2n) is 12.0. The van der Waals surface area contributed by atoms with Crippen molar-refractivity contribution < 1.29 is 0 Å². The number of aryl methyl sites for hydroxylation is 1. The van der Waals surface area contributed by atoms with Crippen LogP contribution in [0.5, 0.6) is 0 Å². The fourth-order valence-electron chi connectivity index (χ4n) is 8.03. The number of para-hydroxylation sites is 2. The van der Waals surface area contributed by atoms with Crippen LogP contribution < -0.4 is 41.7 Å². The van der Waals surface area contributed by atoms with E-state index in [2.05, 4.69) is 163 Å². The Hall–Kier alpha value is -4.80. The highest BCUT2D eigenvalue weighted by atomic mass is 28.3. The van der Waals surface area contributed by atoms with Crippen molar-refractivity contribution in [1.29, 1.82) is 0 Å². The molecule has 42 heavy (non-hydrogen) atoms. The summed E-state index contributed by atoms with van der Waals surface area (Å²) in [6, 6.07) is 52.2. The normalized spacial score (nSPS) is 15.0. The number of hydrogen-bond acceptors (Lipinski definition) is 2. The fourth-order valence-corrected chi connectivity index (χ4v) is 12.3. The van der Waals surface area contributed by atoms with Crippen molar-refractivity contribution in [1.82, 2.24) is 0 Å². The maximum atomic E-state index is 2.57. The summed E-state index contributed by atoms with van der Waals surface area (Å²) < 4.78 is 0. The zero-order chi connectivity index (χ0) is 28.0. The summed E-state index contributed by atoms with van der Waals surface area (Å²) in [5, 5.41) is 4.53. The molecule has 0 aliphatic carbocycles. The molecule has 0 bridgehead atoms. The van der Waals surface area contributed by atoms with E-state index in [0.717, 1.165) is 0 Å². The van der Waals surface area contributed by atoms with Gasteiger partial charge in [-0.05, 0) is 82.6 Å². The molecular weight excluding hydrogens is 523 g/mol. The van der Waals surface area contributed by atoms with Crippen LogP contribution in [0.3, 0.4) is 0 Å². The number of benzene rings is 6. The first-order chi connectivity index (χ1) is 20.7. The molecule has 0 atom stereocenters. The van der Waals surface area contributed by atoms with E-state index in [0.29, 0.717) is 0 Å².